The number of nitrogens with zero attached hydrogens (tertiary/aromatic N) is 2. The Labute approximate surface area is 133 Å². The number of rotatable bonds is 7. The molecule has 1 fully saturated rings. The highest BCUT2D eigenvalue weighted by atomic mass is 16.6. The molecule has 1 amide bonds. The van der Waals surface area contributed by atoms with E-state index >= 15 is 0 Å². The molecule has 0 aromatic carbocycles. The highest BCUT2D eigenvalue weighted by molar-refractivity contribution is 5.67. The molecule has 0 aromatic heterocycles. The van der Waals surface area contributed by atoms with Crippen molar-refractivity contribution >= 4 is 6.09 Å². The van der Waals surface area contributed by atoms with E-state index in [2.05, 4.69) is 10.8 Å². The minimum Gasteiger partial charge on any atom is -0.450 e. The number of hydrogen-bond donors (Lipinski definition) is 1. The third-order valence-electron chi connectivity index (χ3n) is 3.56. The molecule has 0 unspecified atom stereocenters. The lowest BCUT2D eigenvalue weighted by Crippen LogP contribution is -2.51. The van der Waals surface area contributed by atoms with Crippen LogP contribution in [0.25, 0.3) is 0 Å². The fraction of sp³-hybridized carbons (Fsp3) is 0.812. The number of carbonyl (C=O) groups excluding carboxylic acids is 1. The summed E-state index contributed by atoms with van der Waals surface area (Å²) in [4.78, 5) is 15.4. The van der Waals surface area contributed by atoms with Crippen LogP contribution < -0.4 is 0 Å². The Balaban J connectivity index is 2.26. The fourth-order valence-electron chi connectivity index (χ4n) is 2.30. The van der Waals surface area contributed by atoms with Gasteiger partial charge in [0.25, 0.3) is 0 Å². The van der Waals surface area contributed by atoms with Gasteiger partial charge in [-0.05, 0) is 20.8 Å². The number of amides is 1. The largest absolute Gasteiger partial charge is 0.450 e. The smallest absolute Gasteiger partial charge is 0.409 e. The van der Waals surface area contributed by atoms with E-state index in [1.165, 1.54) is 0 Å². The van der Waals surface area contributed by atoms with E-state index in [-0.39, 0.29) is 12.7 Å². The van der Waals surface area contributed by atoms with Crippen molar-refractivity contribution in [1.29, 1.82) is 0 Å². The van der Waals surface area contributed by atoms with Crippen LogP contribution in [0.5, 0.6) is 0 Å². The van der Waals surface area contributed by atoms with Crippen molar-refractivity contribution in [1.82, 2.24) is 9.80 Å². The van der Waals surface area contributed by atoms with Crippen LogP contribution in [0.3, 0.4) is 0 Å². The molecule has 0 radical (unpaired) electrons. The van der Waals surface area contributed by atoms with Gasteiger partial charge in [-0.15, -0.1) is 12.3 Å². The number of ether oxygens (including phenoxy) is 2. The second kappa shape index (κ2) is 8.99. The molecule has 1 rings (SSSR count). The molecule has 1 saturated heterocycles. The Bertz CT molecular complexity index is 384. The van der Waals surface area contributed by atoms with E-state index in [1.807, 2.05) is 13.8 Å². The van der Waals surface area contributed by atoms with Crippen LogP contribution in [0, 0.1) is 12.3 Å². The van der Waals surface area contributed by atoms with Gasteiger partial charge in [0.15, 0.2) is 0 Å². The van der Waals surface area contributed by atoms with E-state index in [9.17, 15) is 9.90 Å². The summed E-state index contributed by atoms with van der Waals surface area (Å²) < 4.78 is 10.6. The van der Waals surface area contributed by atoms with Crippen LogP contribution in [0.4, 0.5) is 4.79 Å². The summed E-state index contributed by atoms with van der Waals surface area (Å²) in [6, 6.07) is 0. The summed E-state index contributed by atoms with van der Waals surface area (Å²) in [5, 5.41) is 10.1. The van der Waals surface area contributed by atoms with Gasteiger partial charge in [0.1, 0.15) is 0 Å². The van der Waals surface area contributed by atoms with E-state index in [4.69, 9.17) is 15.9 Å². The molecule has 1 N–H and O–H groups in total. The van der Waals surface area contributed by atoms with Gasteiger partial charge in [-0.25, -0.2) is 4.79 Å². The third-order valence-corrected chi connectivity index (χ3v) is 3.56. The van der Waals surface area contributed by atoms with E-state index in [1.54, 1.807) is 11.8 Å². The van der Waals surface area contributed by atoms with Gasteiger partial charge < -0.3 is 19.5 Å². The molecule has 1 aliphatic rings. The second-order valence-corrected chi connectivity index (χ2v) is 6.09. The SMILES string of the molecule is C#CCC(C)(C)OC[C@@H](O)CN1CCN(C(=O)OCC)CC1. The van der Waals surface area contributed by atoms with Gasteiger partial charge in [-0.3, -0.25) is 4.90 Å². The zero-order valence-electron chi connectivity index (χ0n) is 13.9. The lowest BCUT2D eigenvalue weighted by atomic mass is 10.1. The quantitative estimate of drug-likeness (QED) is 0.709. The minimum absolute atomic E-state index is 0.257. The number of carbonyl (C=O) groups is 1. The summed E-state index contributed by atoms with van der Waals surface area (Å²) in [5.74, 6) is 2.57. The van der Waals surface area contributed by atoms with Crippen molar-refractivity contribution in [2.75, 3.05) is 45.9 Å². The van der Waals surface area contributed by atoms with Crippen LogP contribution in [-0.4, -0.2) is 78.6 Å². The Morgan fingerprint density at radius 2 is 2.00 bits per heavy atom. The van der Waals surface area contributed by atoms with Crippen molar-refractivity contribution < 1.29 is 19.4 Å². The molecule has 0 bridgehead atoms. The molecule has 0 aromatic rings. The summed E-state index contributed by atoms with van der Waals surface area (Å²) in [6.45, 7) is 9.50. The molecule has 0 spiro atoms. The first-order valence-electron chi connectivity index (χ1n) is 7.77. The van der Waals surface area contributed by atoms with Crippen LogP contribution in [0.15, 0.2) is 0 Å². The molecule has 1 heterocycles. The summed E-state index contributed by atoms with van der Waals surface area (Å²) in [6.07, 6.45) is 4.97. The van der Waals surface area contributed by atoms with Crippen molar-refractivity contribution in [3.8, 4) is 12.3 Å². The van der Waals surface area contributed by atoms with Crippen LogP contribution >= 0.6 is 0 Å². The molecule has 0 saturated carbocycles. The number of piperazine rings is 1. The molecule has 126 valence electrons. The van der Waals surface area contributed by atoms with Crippen molar-refractivity contribution in [3.05, 3.63) is 0 Å². The molecule has 0 aliphatic carbocycles. The summed E-state index contributed by atoms with van der Waals surface area (Å²) in [7, 11) is 0. The maximum Gasteiger partial charge on any atom is 0.409 e. The lowest BCUT2D eigenvalue weighted by Gasteiger charge is -2.35. The number of aliphatic hydroxyl groups excluding tert-OH is 1. The molecule has 6 heteroatoms. The average Bonchev–Trinajstić information content (AvgIpc) is 2.46. The maximum atomic E-state index is 11.6. The van der Waals surface area contributed by atoms with Crippen LogP contribution in [0.1, 0.15) is 27.2 Å². The van der Waals surface area contributed by atoms with Gasteiger partial charge in [0.05, 0.1) is 24.9 Å². The first kappa shape index (κ1) is 18.8. The first-order chi connectivity index (χ1) is 10.4. The third kappa shape index (κ3) is 6.65. The average molecular weight is 312 g/mol. The maximum absolute atomic E-state index is 11.6. The number of hydrogen-bond acceptors (Lipinski definition) is 5. The molecule has 1 aliphatic heterocycles. The second-order valence-electron chi connectivity index (χ2n) is 6.09. The highest BCUT2D eigenvalue weighted by Crippen LogP contribution is 2.14. The summed E-state index contributed by atoms with van der Waals surface area (Å²) >= 11 is 0. The zero-order valence-corrected chi connectivity index (χ0v) is 13.9. The van der Waals surface area contributed by atoms with Crippen molar-refractivity contribution in [2.24, 2.45) is 0 Å². The predicted molar refractivity (Wildman–Crippen MR) is 84.5 cm³/mol. The van der Waals surface area contributed by atoms with Gasteiger partial charge >= 0.3 is 6.09 Å². The van der Waals surface area contributed by atoms with Crippen LogP contribution in [-0.2, 0) is 9.47 Å². The van der Waals surface area contributed by atoms with E-state index in [0.717, 1.165) is 13.1 Å². The summed E-state index contributed by atoms with van der Waals surface area (Å²) in [5.41, 5.74) is -0.418. The van der Waals surface area contributed by atoms with Gasteiger partial charge in [-0.2, -0.15) is 0 Å². The minimum atomic E-state index is -0.564. The zero-order chi connectivity index (χ0) is 16.6. The Kier molecular flexibility index (Phi) is 7.66. The standard InChI is InChI=1S/C16H28N2O4/c1-5-7-16(3,4)22-13-14(19)12-17-8-10-18(11-9-17)15(20)21-6-2/h1,14,19H,6-13H2,2-4H3/t14-/m0/s1. The number of β-amino-alcohol motifs (C(OH)–C–C–N with tert-alkyl or cyclic N) is 1. The predicted octanol–water partition coefficient (Wildman–Crippen LogP) is 0.940. The van der Waals surface area contributed by atoms with E-state index < -0.39 is 11.7 Å². The Hall–Kier alpha value is -1.29. The number of terminal acetylenes is 1. The van der Waals surface area contributed by atoms with Gasteiger partial charge in [0.2, 0.25) is 0 Å². The van der Waals surface area contributed by atoms with Crippen molar-refractivity contribution in [3.63, 3.8) is 0 Å². The molecular weight excluding hydrogens is 284 g/mol. The van der Waals surface area contributed by atoms with Crippen LogP contribution in [0.2, 0.25) is 0 Å². The molecule has 1 atom stereocenters. The Morgan fingerprint density at radius 1 is 1.36 bits per heavy atom. The lowest BCUT2D eigenvalue weighted by molar-refractivity contribution is -0.0649. The number of aliphatic hydroxyl groups is 1. The van der Waals surface area contributed by atoms with E-state index in [0.29, 0.717) is 32.7 Å². The van der Waals surface area contributed by atoms with Crippen molar-refractivity contribution in [2.45, 2.75) is 38.9 Å². The fourth-order valence-corrected chi connectivity index (χ4v) is 2.30. The molecule has 6 nitrogen and oxygen atoms in total. The van der Waals surface area contributed by atoms with Gasteiger partial charge in [-0.1, -0.05) is 0 Å². The molecule has 22 heavy (non-hydrogen) atoms. The normalized spacial score (nSPS) is 17.9. The molecular formula is C16H28N2O4. The first-order valence-corrected chi connectivity index (χ1v) is 7.77. The topological polar surface area (TPSA) is 62.2 Å². The Morgan fingerprint density at radius 3 is 2.55 bits per heavy atom. The highest BCUT2D eigenvalue weighted by Gasteiger charge is 2.24. The van der Waals surface area contributed by atoms with Gasteiger partial charge in [0, 0.05) is 39.1 Å². The monoisotopic (exact) mass is 312 g/mol.